The van der Waals surface area contributed by atoms with E-state index in [-0.39, 0.29) is 66.3 Å². The Hall–Kier alpha value is -4.45. The van der Waals surface area contributed by atoms with Crippen LogP contribution < -0.4 is 50.9 Å². The van der Waals surface area contributed by atoms with E-state index in [9.17, 15) is 38.7 Å². The standard InChI is InChI=1S/C28H26N6O10S.Na/c1-15(35)43-13-17-14-45-25-21(24(38)34(25)22(17)26(39)40)30-23(37)20(16-6-3-2-4-7-16)31-27(41)32-10-11-33(28(32)42)29-12-18-8-5-9-19(36)44-18;/h2-9,12,20-21,25H,10-11,13-14H2,1H3,(H,30,37)(H,31,41)(H,39,40);/q;+1/p-1/t20?,21?,25-;/m0./s1. The average Bonchev–Trinajstić information content (AvgIpc) is 3.39. The van der Waals surface area contributed by atoms with Crippen molar-refractivity contribution in [2.75, 3.05) is 25.4 Å². The number of carbonyl (C=O) groups excluding carboxylic acids is 6. The largest absolute Gasteiger partial charge is 1.00 e. The maximum Gasteiger partial charge on any atom is 1.00 e. The van der Waals surface area contributed by atoms with Crippen molar-refractivity contribution in [2.24, 2.45) is 5.10 Å². The molecule has 2 N–H and O–H groups in total. The van der Waals surface area contributed by atoms with E-state index in [1.54, 1.807) is 30.3 Å². The van der Waals surface area contributed by atoms with E-state index in [4.69, 9.17) is 9.15 Å². The normalized spacial score (nSPS) is 19.6. The summed E-state index contributed by atoms with van der Waals surface area (Å²) in [6.45, 7) is 0.799. The molecule has 0 aliphatic carbocycles. The van der Waals surface area contributed by atoms with Gasteiger partial charge in [0.05, 0.1) is 31.0 Å². The van der Waals surface area contributed by atoms with Crippen LogP contribution in [-0.4, -0.2) is 93.7 Å². The number of esters is 1. The number of hydrogen-bond donors (Lipinski definition) is 2. The number of ether oxygens (including phenoxy) is 1. The quantitative estimate of drug-likeness (QED) is 0.115. The fourth-order valence-electron chi connectivity index (χ4n) is 4.78. The molecule has 18 heteroatoms. The van der Waals surface area contributed by atoms with Gasteiger partial charge >= 0.3 is 53.2 Å². The second-order valence-electron chi connectivity index (χ2n) is 9.86. The van der Waals surface area contributed by atoms with Crippen LogP contribution in [0.1, 0.15) is 24.3 Å². The zero-order valence-corrected chi connectivity index (χ0v) is 27.4. The molecule has 2 aromatic rings. The topological polar surface area (TPSA) is 211 Å². The smallest absolute Gasteiger partial charge is 0.543 e. The molecule has 16 nitrogen and oxygen atoms in total. The van der Waals surface area contributed by atoms with Gasteiger partial charge in [-0.05, 0) is 11.6 Å². The van der Waals surface area contributed by atoms with Crippen LogP contribution in [0.25, 0.3) is 0 Å². The number of carboxylic acids is 1. The number of urea groups is 2. The minimum atomic E-state index is -1.63. The van der Waals surface area contributed by atoms with Crippen molar-refractivity contribution >= 4 is 53.8 Å². The zero-order chi connectivity index (χ0) is 32.2. The van der Waals surface area contributed by atoms with Crippen LogP contribution >= 0.6 is 11.8 Å². The summed E-state index contributed by atoms with van der Waals surface area (Å²) in [4.78, 5) is 89.0. The number of nitrogens with zero attached hydrogens (tertiary/aromatic N) is 4. The number of thioether (sulfide) groups is 1. The van der Waals surface area contributed by atoms with Crippen molar-refractivity contribution in [1.29, 1.82) is 0 Å². The second kappa shape index (κ2) is 14.8. The molecule has 2 saturated heterocycles. The fraction of sp³-hybridized carbons (Fsp3) is 0.286. The first-order chi connectivity index (χ1) is 21.5. The van der Waals surface area contributed by atoms with Gasteiger partial charge in [0.1, 0.15) is 24.1 Å². The number of carboxylic acid groups (broad SMARTS) is 1. The van der Waals surface area contributed by atoms with Crippen molar-refractivity contribution in [3.63, 3.8) is 0 Å². The Morgan fingerprint density at radius 2 is 1.85 bits per heavy atom. The van der Waals surface area contributed by atoms with Crippen LogP contribution in [0.15, 0.2) is 74.1 Å². The number of carbonyl (C=O) groups is 6. The van der Waals surface area contributed by atoms with E-state index in [2.05, 4.69) is 15.7 Å². The van der Waals surface area contributed by atoms with E-state index >= 15 is 0 Å². The molecule has 1 aromatic carbocycles. The number of hydrogen-bond acceptors (Lipinski definition) is 12. The van der Waals surface area contributed by atoms with Crippen molar-refractivity contribution in [3.8, 4) is 0 Å². The van der Waals surface area contributed by atoms with Crippen LogP contribution in [0.4, 0.5) is 9.59 Å². The SMILES string of the molecule is CC(=O)OCC1=C(C(=O)[O-])N2C(=O)C(NC(=O)C(NC(=O)N3CCN(N=Cc4cccc(=O)o4)C3=O)c3ccccc3)[C@@H]2SC1.[Na+]. The first kappa shape index (κ1) is 34.4. The van der Waals surface area contributed by atoms with E-state index in [1.165, 1.54) is 18.2 Å². The molecule has 6 amide bonds. The van der Waals surface area contributed by atoms with Crippen LogP contribution in [-0.2, 0) is 23.9 Å². The number of imide groups is 1. The first-order valence-corrected chi connectivity index (χ1v) is 14.5. The summed E-state index contributed by atoms with van der Waals surface area (Å²) in [6, 6.07) is 8.08. The molecule has 2 fully saturated rings. The molecule has 4 heterocycles. The summed E-state index contributed by atoms with van der Waals surface area (Å²) in [5.74, 6) is -3.56. The summed E-state index contributed by atoms with van der Waals surface area (Å²) >= 11 is 1.16. The number of hydrazone groups is 1. The van der Waals surface area contributed by atoms with E-state index in [0.717, 1.165) is 39.7 Å². The number of benzene rings is 1. The van der Waals surface area contributed by atoms with Gasteiger partial charge in [-0.15, -0.1) is 11.8 Å². The number of fused-ring (bicyclic) bond motifs is 1. The zero-order valence-electron chi connectivity index (χ0n) is 24.5. The summed E-state index contributed by atoms with van der Waals surface area (Å²) in [6.07, 6.45) is 1.16. The Balaban J connectivity index is 0.00000480. The van der Waals surface area contributed by atoms with Gasteiger partial charge < -0.3 is 29.7 Å². The van der Waals surface area contributed by atoms with E-state index < -0.39 is 64.6 Å². The third-order valence-electron chi connectivity index (χ3n) is 6.92. The number of amides is 6. The third kappa shape index (κ3) is 7.33. The van der Waals surface area contributed by atoms with Gasteiger partial charge in [0, 0.05) is 24.3 Å². The van der Waals surface area contributed by atoms with Crippen molar-refractivity contribution < 1.29 is 72.6 Å². The number of rotatable bonds is 9. The molecule has 3 aliphatic heterocycles. The Labute approximate surface area is 287 Å². The second-order valence-corrected chi connectivity index (χ2v) is 11.0. The molecule has 46 heavy (non-hydrogen) atoms. The minimum Gasteiger partial charge on any atom is -0.543 e. The average molecular weight is 661 g/mol. The van der Waals surface area contributed by atoms with Gasteiger partial charge in [-0.1, -0.05) is 36.4 Å². The van der Waals surface area contributed by atoms with Gasteiger partial charge in [-0.25, -0.2) is 24.3 Å². The molecule has 5 rings (SSSR count). The first-order valence-electron chi connectivity index (χ1n) is 13.5. The summed E-state index contributed by atoms with van der Waals surface area (Å²) < 4.78 is 9.85. The summed E-state index contributed by atoms with van der Waals surface area (Å²) in [7, 11) is 0. The molecule has 2 unspecified atom stereocenters. The monoisotopic (exact) mass is 660 g/mol. The number of β-lactam (4-membered cyclic amide) rings is 1. The maximum atomic E-state index is 13.5. The van der Waals surface area contributed by atoms with Crippen molar-refractivity contribution in [1.82, 2.24) is 25.4 Å². The van der Waals surface area contributed by atoms with Gasteiger partial charge in [0.2, 0.25) is 5.91 Å². The Morgan fingerprint density at radius 1 is 1.11 bits per heavy atom. The van der Waals surface area contributed by atoms with Crippen LogP contribution in [0.3, 0.4) is 0 Å². The number of nitrogens with one attached hydrogen (secondary N) is 2. The molecule has 0 spiro atoms. The number of aliphatic carboxylic acids is 1. The Kier molecular flexibility index (Phi) is 11.0. The minimum absolute atomic E-state index is 0. The molecule has 0 saturated carbocycles. The molecular weight excluding hydrogens is 635 g/mol. The maximum absolute atomic E-state index is 13.5. The predicted molar refractivity (Wildman–Crippen MR) is 153 cm³/mol. The van der Waals surface area contributed by atoms with Gasteiger partial charge in [-0.2, -0.15) is 5.10 Å². The van der Waals surface area contributed by atoms with Gasteiger partial charge in [0.25, 0.3) is 5.91 Å². The van der Waals surface area contributed by atoms with Crippen molar-refractivity contribution in [2.45, 2.75) is 24.4 Å². The van der Waals surface area contributed by atoms with Crippen LogP contribution in [0, 0.1) is 0 Å². The fourth-order valence-corrected chi connectivity index (χ4v) is 6.11. The van der Waals surface area contributed by atoms with Crippen LogP contribution in [0.5, 0.6) is 0 Å². The third-order valence-corrected chi connectivity index (χ3v) is 8.26. The molecule has 1 aromatic heterocycles. The molecule has 3 aliphatic rings. The predicted octanol–water partition coefficient (Wildman–Crippen LogP) is -3.87. The molecule has 234 valence electrons. The molecule has 0 radical (unpaired) electrons. The van der Waals surface area contributed by atoms with Gasteiger partial charge in [0.15, 0.2) is 5.76 Å². The van der Waals surface area contributed by atoms with E-state index in [1.807, 2.05) is 0 Å². The Morgan fingerprint density at radius 3 is 2.52 bits per heavy atom. The molecule has 0 bridgehead atoms. The van der Waals surface area contributed by atoms with Crippen LogP contribution in [0.2, 0.25) is 0 Å². The molecular formula is C28H25N6NaO10S. The Bertz CT molecular complexity index is 1680. The van der Waals surface area contributed by atoms with Gasteiger partial charge in [-0.3, -0.25) is 19.3 Å². The molecule has 3 atom stereocenters. The van der Waals surface area contributed by atoms with Crippen molar-refractivity contribution in [3.05, 3.63) is 81.5 Å². The summed E-state index contributed by atoms with van der Waals surface area (Å²) in [5.41, 5.74) is -0.488. The summed E-state index contributed by atoms with van der Waals surface area (Å²) in [5, 5.41) is 21.2. The van der Waals surface area contributed by atoms with E-state index in [0.29, 0.717) is 5.56 Å².